The van der Waals surface area contributed by atoms with Crippen molar-refractivity contribution in [1.29, 1.82) is 0 Å². The van der Waals surface area contributed by atoms with Gasteiger partial charge in [0.1, 0.15) is 5.82 Å². The molecule has 172 valence electrons. The average molecular weight is 448 g/mol. The van der Waals surface area contributed by atoms with Crippen molar-refractivity contribution in [3.63, 3.8) is 0 Å². The van der Waals surface area contributed by atoms with Gasteiger partial charge in [0.15, 0.2) is 0 Å². The summed E-state index contributed by atoms with van der Waals surface area (Å²) < 4.78 is 5.22. The lowest BCUT2D eigenvalue weighted by Gasteiger charge is -2.17. The van der Waals surface area contributed by atoms with Gasteiger partial charge in [-0.1, -0.05) is 44.1 Å². The van der Waals surface area contributed by atoms with Crippen LogP contribution in [0.1, 0.15) is 74.2 Å². The summed E-state index contributed by atoms with van der Waals surface area (Å²) in [5, 5.41) is 9.65. The molecule has 8 heteroatoms. The van der Waals surface area contributed by atoms with Crippen LogP contribution in [0.2, 0.25) is 0 Å². The summed E-state index contributed by atoms with van der Waals surface area (Å²) >= 11 is 0. The monoisotopic (exact) mass is 447 g/mol. The van der Waals surface area contributed by atoms with Crippen molar-refractivity contribution in [2.24, 2.45) is 5.92 Å². The van der Waals surface area contributed by atoms with E-state index in [2.05, 4.69) is 31.8 Å². The number of hydrogen-bond donors (Lipinski definition) is 2. The van der Waals surface area contributed by atoms with Crippen LogP contribution in [0.15, 0.2) is 41.1 Å². The molecule has 0 radical (unpaired) electrons. The lowest BCUT2D eigenvalue weighted by atomic mass is 9.97. The number of hydrogen-bond acceptors (Lipinski definition) is 6. The van der Waals surface area contributed by atoms with E-state index in [0.717, 1.165) is 35.1 Å². The number of rotatable bonds is 6. The van der Waals surface area contributed by atoms with Gasteiger partial charge in [0.05, 0.1) is 6.04 Å². The summed E-state index contributed by atoms with van der Waals surface area (Å²) in [6.45, 7) is 9.76. The van der Waals surface area contributed by atoms with E-state index in [0.29, 0.717) is 11.7 Å². The van der Waals surface area contributed by atoms with E-state index < -0.39 is 0 Å². The number of pyridine rings is 1. The summed E-state index contributed by atoms with van der Waals surface area (Å²) in [5.74, 6) is 0.787. The van der Waals surface area contributed by atoms with E-state index in [1.54, 1.807) is 6.20 Å². The molecule has 0 bridgehead atoms. The molecule has 1 fully saturated rings. The molecule has 0 spiro atoms. The molecule has 1 atom stereocenters. The largest absolute Gasteiger partial charge is 0.343 e. The van der Waals surface area contributed by atoms with Crippen molar-refractivity contribution < 1.29 is 14.1 Å². The normalized spacial score (nSPS) is 14.6. The minimum atomic E-state index is -0.379. The van der Waals surface area contributed by atoms with Gasteiger partial charge in [-0.05, 0) is 61.1 Å². The molecule has 1 aliphatic rings. The molecule has 0 unspecified atom stereocenters. The Bertz CT molecular complexity index is 1190. The molecule has 1 aromatic carbocycles. The van der Waals surface area contributed by atoms with Crippen LogP contribution in [-0.4, -0.2) is 26.9 Å². The van der Waals surface area contributed by atoms with Gasteiger partial charge < -0.3 is 15.2 Å². The predicted molar refractivity (Wildman–Crippen MR) is 125 cm³/mol. The molecule has 0 aliphatic heterocycles. The Hall–Kier alpha value is -3.55. The summed E-state index contributed by atoms with van der Waals surface area (Å²) in [6.07, 6.45) is 3.59. The van der Waals surface area contributed by atoms with Gasteiger partial charge in [-0.2, -0.15) is 4.98 Å². The van der Waals surface area contributed by atoms with Crippen LogP contribution in [0.4, 0.5) is 5.82 Å². The zero-order chi connectivity index (χ0) is 23.8. The van der Waals surface area contributed by atoms with Gasteiger partial charge in [0.2, 0.25) is 11.8 Å². The van der Waals surface area contributed by atoms with Gasteiger partial charge >= 0.3 is 0 Å². The van der Waals surface area contributed by atoms with Crippen LogP contribution in [0.3, 0.4) is 0 Å². The topological polar surface area (TPSA) is 110 Å². The maximum atomic E-state index is 12.6. The first-order valence-electron chi connectivity index (χ1n) is 11.1. The zero-order valence-electron chi connectivity index (χ0n) is 19.6. The molecule has 8 nitrogen and oxygen atoms in total. The third-order valence-electron chi connectivity index (χ3n) is 5.65. The second-order valence-electron chi connectivity index (χ2n) is 9.63. The molecular formula is C25H29N5O3. The SMILES string of the molecule is Cc1cc(-c2ccnc(NC(=O)C3CC3)c2)ccc1[C@@H](C)NC(=O)c1noc(C(C)(C)C)n1. The minimum absolute atomic E-state index is 0.0265. The number of carbonyl (C=O) groups excluding carboxylic acids is 2. The van der Waals surface area contributed by atoms with Crippen LogP contribution in [0, 0.1) is 12.8 Å². The van der Waals surface area contributed by atoms with E-state index in [-0.39, 0.29) is 35.0 Å². The van der Waals surface area contributed by atoms with Crippen LogP contribution < -0.4 is 10.6 Å². The smallest absolute Gasteiger partial charge is 0.293 e. The van der Waals surface area contributed by atoms with Crippen LogP contribution in [-0.2, 0) is 10.2 Å². The number of benzene rings is 1. The Morgan fingerprint density at radius 3 is 2.48 bits per heavy atom. The highest BCUT2D eigenvalue weighted by atomic mass is 16.5. The third kappa shape index (κ3) is 5.27. The lowest BCUT2D eigenvalue weighted by Crippen LogP contribution is -2.28. The second kappa shape index (κ2) is 8.77. The highest BCUT2D eigenvalue weighted by Gasteiger charge is 2.30. The van der Waals surface area contributed by atoms with Crippen molar-refractivity contribution >= 4 is 17.6 Å². The third-order valence-corrected chi connectivity index (χ3v) is 5.65. The zero-order valence-corrected chi connectivity index (χ0v) is 19.6. The van der Waals surface area contributed by atoms with E-state index in [1.165, 1.54) is 0 Å². The highest BCUT2D eigenvalue weighted by molar-refractivity contribution is 5.93. The van der Waals surface area contributed by atoms with Gasteiger partial charge in [0, 0.05) is 17.5 Å². The quantitative estimate of drug-likeness (QED) is 0.572. The predicted octanol–water partition coefficient (Wildman–Crippen LogP) is 4.58. The maximum Gasteiger partial charge on any atom is 0.293 e. The van der Waals surface area contributed by atoms with Crippen molar-refractivity contribution in [2.45, 2.75) is 58.9 Å². The fourth-order valence-corrected chi connectivity index (χ4v) is 3.55. The highest BCUT2D eigenvalue weighted by Crippen LogP contribution is 2.31. The van der Waals surface area contributed by atoms with E-state index >= 15 is 0 Å². The summed E-state index contributed by atoms with van der Waals surface area (Å²) in [5.41, 5.74) is 3.67. The molecule has 2 amide bonds. The number of nitrogens with zero attached hydrogens (tertiary/aromatic N) is 3. The van der Waals surface area contributed by atoms with Gasteiger partial charge in [-0.15, -0.1) is 0 Å². The maximum absolute atomic E-state index is 12.6. The number of anilines is 1. The van der Waals surface area contributed by atoms with Crippen LogP contribution in [0.5, 0.6) is 0 Å². The number of aromatic nitrogens is 3. The van der Waals surface area contributed by atoms with Crippen molar-refractivity contribution in [1.82, 2.24) is 20.4 Å². The Labute approximate surface area is 193 Å². The van der Waals surface area contributed by atoms with Gasteiger partial charge in [0.25, 0.3) is 11.7 Å². The van der Waals surface area contributed by atoms with E-state index in [1.807, 2.05) is 58.9 Å². The Morgan fingerprint density at radius 1 is 1.12 bits per heavy atom. The van der Waals surface area contributed by atoms with Gasteiger partial charge in [-0.3, -0.25) is 9.59 Å². The van der Waals surface area contributed by atoms with E-state index in [4.69, 9.17) is 4.52 Å². The van der Waals surface area contributed by atoms with E-state index in [9.17, 15) is 9.59 Å². The Morgan fingerprint density at radius 2 is 1.85 bits per heavy atom. The molecular weight excluding hydrogens is 418 g/mol. The van der Waals surface area contributed by atoms with Crippen LogP contribution >= 0.6 is 0 Å². The first kappa shape index (κ1) is 22.6. The summed E-state index contributed by atoms with van der Waals surface area (Å²) in [4.78, 5) is 33.1. The fourth-order valence-electron chi connectivity index (χ4n) is 3.55. The first-order chi connectivity index (χ1) is 15.6. The molecule has 4 rings (SSSR count). The van der Waals surface area contributed by atoms with Gasteiger partial charge in [-0.25, -0.2) is 4.98 Å². The number of nitrogens with one attached hydrogen (secondary N) is 2. The molecule has 1 aliphatic carbocycles. The number of aryl methyl sites for hydroxylation is 1. The lowest BCUT2D eigenvalue weighted by molar-refractivity contribution is -0.117. The average Bonchev–Trinajstić information content (AvgIpc) is 3.48. The molecule has 1 saturated carbocycles. The molecule has 2 N–H and O–H groups in total. The molecule has 33 heavy (non-hydrogen) atoms. The minimum Gasteiger partial charge on any atom is -0.343 e. The summed E-state index contributed by atoms with van der Waals surface area (Å²) in [6, 6.07) is 9.60. The molecule has 2 aromatic heterocycles. The van der Waals surface area contributed by atoms with Crippen molar-refractivity contribution in [3.8, 4) is 11.1 Å². The number of carbonyl (C=O) groups is 2. The fraction of sp³-hybridized carbons (Fsp3) is 0.400. The molecule has 3 aromatic rings. The molecule has 0 saturated heterocycles. The molecule has 2 heterocycles. The van der Waals surface area contributed by atoms with Crippen molar-refractivity contribution in [3.05, 3.63) is 59.4 Å². The standard InChI is InChI=1S/C25H29N5O3/c1-14-12-17(18-10-11-26-20(13-18)28-22(31)16-6-7-16)8-9-19(14)15(2)27-23(32)21-29-24(33-30-21)25(3,4)5/h8-13,15-16H,6-7H2,1-5H3,(H,27,32)(H,26,28,31)/t15-/m1/s1. The summed E-state index contributed by atoms with van der Waals surface area (Å²) in [7, 11) is 0. The van der Waals surface area contributed by atoms with Crippen molar-refractivity contribution in [2.75, 3.05) is 5.32 Å². The second-order valence-corrected chi connectivity index (χ2v) is 9.63. The Kier molecular flexibility index (Phi) is 6.01. The number of amides is 2. The van der Waals surface area contributed by atoms with Crippen LogP contribution in [0.25, 0.3) is 11.1 Å². The Balaban J connectivity index is 1.46. The first-order valence-corrected chi connectivity index (χ1v) is 11.1.